The number of carbonyl (C=O) groups excluding carboxylic acids is 1. The molecule has 0 aliphatic carbocycles. The maximum Gasteiger partial charge on any atom is 0.223 e. The number of nitrogens with one attached hydrogen (secondary N) is 1. The standard InChI is InChI=1S/C21H25ClN2O3S/c22-20-8-4-7-18(15-20)16-28(26,27)24-13-10-19(11-14-24)21(25)23-12-9-17-5-2-1-3-6-17/h1-8,15,19H,9-14,16H2,(H,23,25). The summed E-state index contributed by atoms with van der Waals surface area (Å²) in [6.45, 7) is 1.34. The summed E-state index contributed by atoms with van der Waals surface area (Å²) in [5.74, 6) is -0.183. The predicted octanol–water partition coefficient (Wildman–Crippen LogP) is 3.24. The molecule has 7 heteroatoms. The molecule has 0 saturated carbocycles. The molecule has 150 valence electrons. The van der Waals surface area contributed by atoms with Gasteiger partial charge in [0.05, 0.1) is 5.75 Å². The van der Waals surface area contributed by atoms with Crippen LogP contribution in [0.5, 0.6) is 0 Å². The summed E-state index contributed by atoms with van der Waals surface area (Å²) in [7, 11) is -3.41. The third-order valence-corrected chi connectivity index (χ3v) is 7.10. The lowest BCUT2D eigenvalue weighted by molar-refractivity contribution is -0.126. The molecule has 1 amide bonds. The molecule has 1 saturated heterocycles. The van der Waals surface area contributed by atoms with Crippen molar-refractivity contribution in [1.29, 1.82) is 0 Å². The van der Waals surface area contributed by atoms with E-state index >= 15 is 0 Å². The van der Waals surface area contributed by atoms with Gasteiger partial charge in [-0.3, -0.25) is 4.79 Å². The number of hydrogen-bond acceptors (Lipinski definition) is 3. The van der Waals surface area contributed by atoms with Crippen molar-refractivity contribution in [2.75, 3.05) is 19.6 Å². The first-order valence-electron chi connectivity index (χ1n) is 9.48. The average molecular weight is 421 g/mol. The minimum absolute atomic E-state index is 0.0165. The van der Waals surface area contributed by atoms with Crippen LogP contribution in [0.1, 0.15) is 24.0 Å². The zero-order chi connectivity index (χ0) is 20.0. The molecule has 3 rings (SSSR count). The van der Waals surface area contributed by atoms with Gasteiger partial charge in [-0.25, -0.2) is 12.7 Å². The van der Waals surface area contributed by atoms with E-state index in [2.05, 4.69) is 5.32 Å². The summed E-state index contributed by atoms with van der Waals surface area (Å²) in [5, 5.41) is 3.51. The zero-order valence-corrected chi connectivity index (χ0v) is 17.3. The Balaban J connectivity index is 1.46. The number of amides is 1. The Kier molecular flexibility index (Phi) is 7.10. The summed E-state index contributed by atoms with van der Waals surface area (Å²) >= 11 is 5.94. The quantitative estimate of drug-likeness (QED) is 0.747. The van der Waals surface area contributed by atoms with Crippen molar-refractivity contribution in [3.63, 3.8) is 0 Å². The third kappa shape index (κ3) is 5.80. The molecule has 0 unspecified atom stereocenters. The van der Waals surface area contributed by atoms with Gasteiger partial charge in [0.25, 0.3) is 0 Å². The van der Waals surface area contributed by atoms with Crippen LogP contribution in [0, 0.1) is 5.92 Å². The molecule has 1 heterocycles. The van der Waals surface area contributed by atoms with Gasteiger partial charge >= 0.3 is 0 Å². The van der Waals surface area contributed by atoms with Gasteiger partial charge in [-0.05, 0) is 42.5 Å². The number of halogens is 1. The molecule has 2 aromatic carbocycles. The highest BCUT2D eigenvalue weighted by molar-refractivity contribution is 7.88. The van der Waals surface area contributed by atoms with Gasteiger partial charge in [-0.2, -0.15) is 0 Å². The van der Waals surface area contributed by atoms with Crippen LogP contribution in [0.15, 0.2) is 54.6 Å². The first kappa shape index (κ1) is 20.8. The van der Waals surface area contributed by atoms with Gasteiger partial charge in [0, 0.05) is 30.6 Å². The molecular weight excluding hydrogens is 396 g/mol. The smallest absolute Gasteiger partial charge is 0.223 e. The number of piperidine rings is 1. The predicted molar refractivity (Wildman–Crippen MR) is 112 cm³/mol. The lowest BCUT2D eigenvalue weighted by Crippen LogP contribution is -2.43. The molecule has 5 nitrogen and oxygen atoms in total. The number of benzene rings is 2. The third-order valence-electron chi connectivity index (χ3n) is 5.01. The Hall–Kier alpha value is -1.89. The SMILES string of the molecule is O=C(NCCc1ccccc1)C1CCN(S(=O)(=O)Cc2cccc(Cl)c2)CC1. The van der Waals surface area contributed by atoms with Crippen LogP contribution < -0.4 is 5.32 Å². The van der Waals surface area contributed by atoms with E-state index in [4.69, 9.17) is 11.6 Å². The molecule has 1 aliphatic heterocycles. The fourth-order valence-electron chi connectivity index (χ4n) is 3.44. The molecule has 0 atom stereocenters. The molecule has 0 bridgehead atoms. The minimum Gasteiger partial charge on any atom is -0.356 e. The van der Waals surface area contributed by atoms with E-state index in [9.17, 15) is 13.2 Å². The van der Waals surface area contributed by atoms with Crippen LogP contribution in [-0.2, 0) is 27.0 Å². The Morgan fingerprint density at radius 2 is 1.71 bits per heavy atom. The first-order chi connectivity index (χ1) is 13.4. The molecule has 1 N–H and O–H groups in total. The zero-order valence-electron chi connectivity index (χ0n) is 15.7. The Morgan fingerprint density at radius 1 is 1.04 bits per heavy atom. The van der Waals surface area contributed by atoms with E-state index in [-0.39, 0.29) is 17.6 Å². The minimum atomic E-state index is -3.41. The van der Waals surface area contributed by atoms with Crippen LogP contribution in [0.2, 0.25) is 5.02 Å². The summed E-state index contributed by atoms with van der Waals surface area (Å²) in [6.07, 6.45) is 1.89. The maximum absolute atomic E-state index is 12.7. The fraction of sp³-hybridized carbons (Fsp3) is 0.381. The number of rotatable bonds is 7. The second-order valence-corrected chi connectivity index (χ2v) is 9.49. The lowest BCUT2D eigenvalue weighted by atomic mass is 9.97. The van der Waals surface area contributed by atoms with Crippen molar-refractivity contribution in [1.82, 2.24) is 9.62 Å². The number of sulfonamides is 1. The highest BCUT2D eigenvalue weighted by atomic mass is 35.5. The lowest BCUT2D eigenvalue weighted by Gasteiger charge is -2.30. The maximum atomic E-state index is 12.7. The number of nitrogens with zero attached hydrogens (tertiary/aromatic N) is 1. The average Bonchev–Trinajstić information content (AvgIpc) is 2.68. The van der Waals surface area contributed by atoms with Crippen molar-refractivity contribution in [3.8, 4) is 0 Å². The highest BCUT2D eigenvalue weighted by Gasteiger charge is 2.31. The van der Waals surface area contributed by atoms with Gasteiger partial charge < -0.3 is 5.32 Å². The van der Waals surface area contributed by atoms with Gasteiger partial charge in [0.1, 0.15) is 0 Å². The normalized spacial score (nSPS) is 16.0. The van der Waals surface area contributed by atoms with E-state index in [0.717, 1.165) is 6.42 Å². The second-order valence-electron chi connectivity index (χ2n) is 7.09. The van der Waals surface area contributed by atoms with Crippen LogP contribution in [0.4, 0.5) is 0 Å². The largest absolute Gasteiger partial charge is 0.356 e. The molecule has 1 aliphatic rings. The van der Waals surface area contributed by atoms with Gasteiger partial charge in [-0.1, -0.05) is 54.1 Å². The van der Waals surface area contributed by atoms with E-state index in [1.54, 1.807) is 24.3 Å². The number of hydrogen-bond donors (Lipinski definition) is 1. The molecule has 0 aromatic heterocycles. The van der Waals surface area contributed by atoms with Crippen LogP contribution in [0.25, 0.3) is 0 Å². The molecular formula is C21H25ClN2O3S. The molecule has 0 spiro atoms. The van der Waals surface area contributed by atoms with Gasteiger partial charge in [-0.15, -0.1) is 0 Å². The van der Waals surface area contributed by atoms with Crippen molar-refractivity contribution in [2.45, 2.75) is 25.0 Å². The van der Waals surface area contributed by atoms with Crippen LogP contribution >= 0.6 is 11.6 Å². The van der Waals surface area contributed by atoms with Gasteiger partial charge in [0.2, 0.25) is 15.9 Å². The molecule has 28 heavy (non-hydrogen) atoms. The highest BCUT2D eigenvalue weighted by Crippen LogP contribution is 2.22. The van der Waals surface area contributed by atoms with E-state index < -0.39 is 10.0 Å². The van der Waals surface area contributed by atoms with Crippen molar-refractivity contribution in [3.05, 3.63) is 70.7 Å². The van der Waals surface area contributed by atoms with E-state index in [0.29, 0.717) is 43.1 Å². The molecule has 0 radical (unpaired) electrons. The monoisotopic (exact) mass is 420 g/mol. The Labute approximate surface area is 171 Å². The summed E-state index contributed by atoms with van der Waals surface area (Å²) in [5.41, 5.74) is 1.86. The summed E-state index contributed by atoms with van der Waals surface area (Å²) in [4.78, 5) is 12.4. The summed E-state index contributed by atoms with van der Waals surface area (Å²) in [6, 6.07) is 16.9. The van der Waals surface area contributed by atoms with Crippen molar-refractivity contribution >= 4 is 27.5 Å². The van der Waals surface area contributed by atoms with Crippen molar-refractivity contribution < 1.29 is 13.2 Å². The van der Waals surface area contributed by atoms with Crippen molar-refractivity contribution in [2.24, 2.45) is 5.92 Å². The van der Waals surface area contributed by atoms with E-state index in [1.165, 1.54) is 9.87 Å². The number of carbonyl (C=O) groups is 1. The fourth-order valence-corrected chi connectivity index (χ4v) is 5.21. The van der Waals surface area contributed by atoms with Crippen LogP contribution in [-0.4, -0.2) is 38.3 Å². The second kappa shape index (κ2) is 9.54. The molecule has 2 aromatic rings. The van der Waals surface area contributed by atoms with Crippen LogP contribution in [0.3, 0.4) is 0 Å². The molecule has 1 fully saturated rings. The van der Waals surface area contributed by atoms with Gasteiger partial charge in [0.15, 0.2) is 0 Å². The summed E-state index contributed by atoms with van der Waals surface area (Å²) < 4.78 is 26.8. The Bertz CT molecular complexity index is 895. The first-order valence-corrected chi connectivity index (χ1v) is 11.5. The topological polar surface area (TPSA) is 66.5 Å². The van der Waals surface area contributed by atoms with E-state index in [1.807, 2.05) is 30.3 Å². The Morgan fingerprint density at radius 3 is 2.39 bits per heavy atom.